The highest BCUT2D eigenvalue weighted by molar-refractivity contribution is 5.76. The van der Waals surface area contributed by atoms with E-state index in [-0.39, 0.29) is 5.41 Å². The van der Waals surface area contributed by atoms with Crippen LogP contribution in [0, 0.1) is 5.41 Å². The SMILES string of the molecule is CC1=C(/C=C/C(=C\C=C/C(C)=C/C=O)c2ccccc2)C(C)(C)CCC1. The number of carbonyl (C=O) groups excluding carboxylic acids is 1. The topological polar surface area (TPSA) is 17.1 Å². The van der Waals surface area contributed by atoms with E-state index in [4.69, 9.17) is 0 Å². The van der Waals surface area contributed by atoms with E-state index < -0.39 is 0 Å². The molecule has 0 saturated carbocycles. The number of hydrogen-bond acceptors (Lipinski definition) is 1. The minimum atomic E-state index is 0.236. The summed E-state index contributed by atoms with van der Waals surface area (Å²) in [6.45, 7) is 8.87. The zero-order valence-corrected chi connectivity index (χ0v) is 16.5. The third-order valence-corrected chi connectivity index (χ3v) is 5.04. The Hall–Kier alpha value is -2.41. The maximum absolute atomic E-state index is 10.6. The molecule has 0 spiro atoms. The number of allylic oxidation sites excluding steroid dienone is 10. The normalized spacial score (nSPS) is 18.8. The molecule has 2 rings (SSSR count). The molecule has 0 bridgehead atoms. The van der Waals surface area contributed by atoms with Crippen LogP contribution >= 0.6 is 0 Å². The third kappa shape index (κ3) is 5.56. The maximum Gasteiger partial charge on any atom is 0.143 e. The molecule has 0 unspecified atom stereocenters. The molecule has 0 radical (unpaired) electrons. The lowest BCUT2D eigenvalue weighted by Crippen LogP contribution is -2.19. The summed E-state index contributed by atoms with van der Waals surface area (Å²) in [4.78, 5) is 10.6. The van der Waals surface area contributed by atoms with Gasteiger partial charge in [-0.1, -0.05) is 80.1 Å². The second-order valence-corrected chi connectivity index (χ2v) is 7.66. The number of aldehydes is 1. The van der Waals surface area contributed by atoms with E-state index in [1.165, 1.54) is 41.5 Å². The molecule has 1 nitrogen and oxygen atoms in total. The van der Waals surface area contributed by atoms with Crippen LogP contribution in [0.3, 0.4) is 0 Å². The molecule has 0 amide bonds. The third-order valence-electron chi connectivity index (χ3n) is 5.04. The van der Waals surface area contributed by atoms with Crippen molar-refractivity contribution in [2.45, 2.75) is 47.0 Å². The first kappa shape index (κ1) is 19.9. The van der Waals surface area contributed by atoms with Crippen LogP contribution in [-0.2, 0) is 4.79 Å². The molecule has 1 aliphatic rings. The molecule has 1 aromatic rings. The molecule has 0 heterocycles. The highest BCUT2D eigenvalue weighted by Gasteiger charge is 2.26. The van der Waals surface area contributed by atoms with Crippen molar-refractivity contribution >= 4 is 11.9 Å². The van der Waals surface area contributed by atoms with E-state index in [1.807, 2.05) is 25.1 Å². The predicted molar refractivity (Wildman–Crippen MR) is 113 cm³/mol. The van der Waals surface area contributed by atoms with Gasteiger partial charge in [0, 0.05) is 0 Å². The van der Waals surface area contributed by atoms with Gasteiger partial charge < -0.3 is 0 Å². The van der Waals surface area contributed by atoms with Gasteiger partial charge in [-0.15, -0.1) is 0 Å². The summed E-state index contributed by atoms with van der Waals surface area (Å²) < 4.78 is 0. The van der Waals surface area contributed by atoms with E-state index in [2.05, 4.69) is 63.3 Å². The molecule has 0 atom stereocenters. The molecule has 0 N–H and O–H groups in total. The van der Waals surface area contributed by atoms with E-state index in [0.717, 1.165) is 11.9 Å². The van der Waals surface area contributed by atoms with Crippen molar-refractivity contribution in [3.05, 3.63) is 89.1 Å². The van der Waals surface area contributed by atoms with E-state index in [9.17, 15) is 4.79 Å². The van der Waals surface area contributed by atoms with Crippen molar-refractivity contribution in [2.24, 2.45) is 5.41 Å². The van der Waals surface area contributed by atoms with Gasteiger partial charge >= 0.3 is 0 Å². The number of rotatable bonds is 6. The van der Waals surface area contributed by atoms with E-state index >= 15 is 0 Å². The summed E-state index contributed by atoms with van der Waals surface area (Å²) >= 11 is 0. The molecule has 0 aromatic heterocycles. The average molecular weight is 347 g/mol. The molecule has 0 aliphatic heterocycles. The Morgan fingerprint density at radius 2 is 1.81 bits per heavy atom. The molecule has 1 aliphatic carbocycles. The van der Waals surface area contributed by atoms with Crippen LogP contribution in [0.25, 0.3) is 5.57 Å². The summed E-state index contributed by atoms with van der Waals surface area (Å²) in [7, 11) is 0. The highest BCUT2D eigenvalue weighted by Crippen LogP contribution is 2.41. The van der Waals surface area contributed by atoms with Crippen LogP contribution in [0.15, 0.2) is 83.5 Å². The molecular weight excluding hydrogens is 316 g/mol. The second-order valence-electron chi connectivity index (χ2n) is 7.66. The standard InChI is InChI=1S/C25H30O/c1-20(17-19-26)10-8-14-23(22-12-6-5-7-13-22)15-16-24-21(2)11-9-18-25(24,3)4/h5-8,10,12-17,19H,9,11,18H2,1-4H3/b10-8-,16-15+,20-17+,23-14+. The van der Waals surface area contributed by atoms with Crippen molar-refractivity contribution in [3.8, 4) is 0 Å². The Morgan fingerprint density at radius 1 is 1.08 bits per heavy atom. The summed E-state index contributed by atoms with van der Waals surface area (Å²) in [5.74, 6) is 0. The quantitative estimate of drug-likeness (QED) is 0.312. The lowest BCUT2D eigenvalue weighted by atomic mass is 9.72. The molecule has 26 heavy (non-hydrogen) atoms. The largest absolute Gasteiger partial charge is 0.299 e. The Bertz CT molecular complexity index is 768. The van der Waals surface area contributed by atoms with Gasteiger partial charge in [-0.2, -0.15) is 0 Å². The maximum atomic E-state index is 10.6. The van der Waals surface area contributed by atoms with Crippen molar-refractivity contribution in [3.63, 3.8) is 0 Å². The summed E-state index contributed by atoms with van der Waals surface area (Å²) in [6, 6.07) is 10.4. The van der Waals surface area contributed by atoms with Crippen LogP contribution in [0.4, 0.5) is 0 Å². The van der Waals surface area contributed by atoms with Gasteiger partial charge in [-0.25, -0.2) is 0 Å². The second kappa shape index (κ2) is 9.33. The molecule has 0 fully saturated rings. The van der Waals surface area contributed by atoms with Crippen LogP contribution < -0.4 is 0 Å². The summed E-state index contributed by atoms with van der Waals surface area (Å²) in [5, 5.41) is 0. The van der Waals surface area contributed by atoms with Crippen molar-refractivity contribution in [1.29, 1.82) is 0 Å². The van der Waals surface area contributed by atoms with Crippen LogP contribution in [-0.4, -0.2) is 6.29 Å². The number of carbonyl (C=O) groups is 1. The van der Waals surface area contributed by atoms with Gasteiger partial charge in [0.2, 0.25) is 0 Å². The average Bonchev–Trinajstić information content (AvgIpc) is 2.60. The molecular formula is C25H30O. The first-order chi connectivity index (χ1) is 12.4. The van der Waals surface area contributed by atoms with Crippen LogP contribution in [0.1, 0.15) is 52.5 Å². The Morgan fingerprint density at radius 3 is 2.46 bits per heavy atom. The highest BCUT2D eigenvalue weighted by atomic mass is 16.1. The van der Waals surface area contributed by atoms with Crippen LogP contribution in [0.5, 0.6) is 0 Å². The Labute approximate surface area is 158 Å². The van der Waals surface area contributed by atoms with Gasteiger partial charge in [-0.05, 0) is 66.9 Å². The predicted octanol–water partition coefficient (Wildman–Crippen LogP) is 6.85. The monoisotopic (exact) mass is 346 g/mol. The van der Waals surface area contributed by atoms with Crippen molar-refractivity contribution < 1.29 is 4.79 Å². The van der Waals surface area contributed by atoms with Gasteiger partial charge in [0.05, 0.1) is 0 Å². The summed E-state index contributed by atoms with van der Waals surface area (Å²) in [6.07, 6.45) is 16.7. The first-order valence-corrected chi connectivity index (χ1v) is 9.38. The first-order valence-electron chi connectivity index (χ1n) is 9.38. The smallest absolute Gasteiger partial charge is 0.143 e. The van der Waals surface area contributed by atoms with Gasteiger partial charge in [0.15, 0.2) is 0 Å². The molecule has 0 saturated heterocycles. The fraction of sp³-hybridized carbons (Fsp3) is 0.320. The van der Waals surface area contributed by atoms with Crippen LogP contribution in [0.2, 0.25) is 0 Å². The molecule has 136 valence electrons. The Kier molecular flexibility index (Phi) is 7.15. The number of hydrogen-bond donors (Lipinski definition) is 0. The van der Waals surface area contributed by atoms with E-state index in [0.29, 0.717) is 0 Å². The fourth-order valence-corrected chi connectivity index (χ4v) is 3.53. The lowest BCUT2D eigenvalue weighted by molar-refractivity contribution is -0.104. The molecule has 1 heteroatoms. The zero-order chi connectivity index (χ0) is 19.0. The lowest BCUT2D eigenvalue weighted by Gasteiger charge is -2.33. The number of benzene rings is 1. The Balaban J connectivity index is 2.36. The van der Waals surface area contributed by atoms with Gasteiger partial charge in [0.25, 0.3) is 0 Å². The van der Waals surface area contributed by atoms with Gasteiger partial charge in [0.1, 0.15) is 6.29 Å². The summed E-state index contributed by atoms with van der Waals surface area (Å²) in [5.41, 5.74) is 6.51. The minimum Gasteiger partial charge on any atom is -0.299 e. The van der Waals surface area contributed by atoms with Gasteiger partial charge in [-0.3, -0.25) is 4.79 Å². The van der Waals surface area contributed by atoms with Crippen molar-refractivity contribution in [1.82, 2.24) is 0 Å². The van der Waals surface area contributed by atoms with Crippen molar-refractivity contribution in [2.75, 3.05) is 0 Å². The fourth-order valence-electron chi connectivity index (χ4n) is 3.53. The zero-order valence-electron chi connectivity index (χ0n) is 16.5. The van der Waals surface area contributed by atoms with E-state index in [1.54, 1.807) is 6.08 Å². The minimum absolute atomic E-state index is 0.236. The molecule has 1 aromatic carbocycles.